The zero-order chi connectivity index (χ0) is 18.0. The smallest absolute Gasteiger partial charge is 0.267 e. The topological polar surface area (TPSA) is 38.8 Å². The molecule has 25 heavy (non-hydrogen) atoms. The second kappa shape index (κ2) is 6.79. The van der Waals surface area contributed by atoms with E-state index in [9.17, 15) is 4.79 Å². The molecule has 0 saturated heterocycles. The molecule has 0 unspecified atom stereocenters. The highest BCUT2D eigenvalue weighted by atomic mass is 16.6. The monoisotopic (exact) mass is 339 g/mol. The van der Waals surface area contributed by atoms with Crippen LogP contribution in [0.3, 0.4) is 0 Å². The van der Waals surface area contributed by atoms with Crippen LogP contribution in [0.2, 0.25) is 0 Å². The molecule has 0 saturated carbocycles. The van der Waals surface area contributed by atoms with Crippen LogP contribution in [0.15, 0.2) is 48.5 Å². The summed E-state index contributed by atoms with van der Waals surface area (Å²) >= 11 is 0. The van der Waals surface area contributed by atoms with Crippen molar-refractivity contribution in [2.45, 2.75) is 38.8 Å². The van der Waals surface area contributed by atoms with Gasteiger partial charge in [0.2, 0.25) is 6.10 Å². The molecule has 1 atom stereocenters. The molecule has 0 bridgehead atoms. The second-order valence-electron chi connectivity index (χ2n) is 7.51. The number of para-hydroxylation sites is 2. The van der Waals surface area contributed by atoms with Gasteiger partial charge in [0.25, 0.3) is 5.91 Å². The van der Waals surface area contributed by atoms with Crippen molar-refractivity contribution in [3.05, 3.63) is 59.7 Å². The van der Waals surface area contributed by atoms with Crippen LogP contribution in [0.1, 0.15) is 31.9 Å². The number of amides is 1. The molecule has 0 aliphatic carbocycles. The van der Waals surface area contributed by atoms with Gasteiger partial charge in [-0.2, -0.15) is 0 Å². The van der Waals surface area contributed by atoms with E-state index in [1.165, 1.54) is 5.56 Å². The molecule has 0 fully saturated rings. The van der Waals surface area contributed by atoms with Crippen molar-refractivity contribution < 1.29 is 14.3 Å². The van der Waals surface area contributed by atoms with Crippen LogP contribution in [0.5, 0.6) is 11.5 Å². The number of hydrogen-bond acceptors (Lipinski definition) is 3. The lowest BCUT2D eigenvalue weighted by Crippen LogP contribution is -2.44. The van der Waals surface area contributed by atoms with E-state index in [2.05, 4.69) is 45.0 Å². The highest BCUT2D eigenvalue weighted by Gasteiger charge is 2.29. The number of nitrogens with zero attached hydrogens (tertiary/aromatic N) is 1. The summed E-state index contributed by atoms with van der Waals surface area (Å²) in [7, 11) is 1.80. The largest absolute Gasteiger partial charge is 0.485 e. The summed E-state index contributed by atoms with van der Waals surface area (Å²) in [6.45, 7) is 7.36. The Balaban J connectivity index is 1.63. The first kappa shape index (κ1) is 17.3. The van der Waals surface area contributed by atoms with Crippen molar-refractivity contribution >= 4 is 5.91 Å². The van der Waals surface area contributed by atoms with Crippen molar-refractivity contribution in [3.63, 3.8) is 0 Å². The van der Waals surface area contributed by atoms with Gasteiger partial charge in [0.05, 0.1) is 0 Å². The van der Waals surface area contributed by atoms with Crippen molar-refractivity contribution in [2.75, 3.05) is 13.7 Å². The fourth-order valence-electron chi connectivity index (χ4n) is 2.85. The molecule has 2 aromatic carbocycles. The Hall–Kier alpha value is -2.49. The van der Waals surface area contributed by atoms with Gasteiger partial charge >= 0.3 is 0 Å². The number of rotatable bonds is 3. The van der Waals surface area contributed by atoms with E-state index in [4.69, 9.17) is 9.47 Å². The number of carbonyl (C=O) groups excluding carboxylic acids is 1. The Morgan fingerprint density at radius 1 is 1.08 bits per heavy atom. The molecule has 1 amide bonds. The molecule has 1 aliphatic rings. The minimum Gasteiger partial charge on any atom is -0.485 e. The Morgan fingerprint density at radius 2 is 1.72 bits per heavy atom. The van der Waals surface area contributed by atoms with Gasteiger partial charge in [0, 0.05) is 13.6 Å². The summed E-state index contributed by atoms with van der Waals surface area (Å²) in [5.74, 6) is 1.23. The van der Waals surface area contributed by atoms with Gasteiger partial charge < -0.3 is 14.4 Å². The van der Waals surface area contributed by atoms with Crippen LogP contribution in [-0.2, 0) is 16.8 Å². The fraction of sp³-hybridized carbons (Fsp3) is 0.381. The number of hydrogen-bond donors (Lipinski definition) is 0. The Morgan fingerprint density at radius 3 is 2.36 bits per heavy atom. The molecular formula is C21H25NO3. The second-order valence-corrected chi connectivity index (χ2v) is 7.51. The quantitative estimate of drug-likeness (QED) is 0.854. The Bertz CT molecular complexity index is 746. The summed E-state index contributed by atoms with van der Waals surface area (Å²) in [6, 6.07) is 15.8. The lowest BCUT2D eigenvalue weighted by molar-refractivity contribution is -0.140. The third-order valence-electron chi connectivity index (χ3n) is 4.40. The number of fused-ring (bicyclic) bond motifs is 1. The predicted octanol–water partition coefficient (Wildman–Crippen LogP) is 3.78. The Labute approximate surface area is 149 Å². The maximum Gasteiger partial charge on any atom is 0.267 e. The van der Waals surface area contributed by atoms with Crippen molar-refractivity contribution in [1.29, 1.82) is 0 Å². The van der Waals surface area contributed by atoms with Gasteiger partial charge in [-0.15, -0.1) is 0 Å². The Kier molecular flexibility index (Phi) is 4.71. The van der Waals surface area contributed by atoms with E-state index in [-0.39, 0.29) is 17.9 Å². The van der Waals surface area contributed by atoms with Gasteiger partial charge in [0.15, 0.2) is 11.5 Å². The zero-order valence-corrected chi connectivity index (χ0v) is 15.3. The summed E-state index contributed by atoms with van der Waals surface area (Å²) in [6.07, 6.45) is -0.603. The third kappa shape index (κ3) is 3.95. The fourth-order valence-corrected chi connectivity index (χ4v) is 2.85. The molecule has 0 radical (unpaired) electrons. The number of ether oxygens (including phenoxy) is 2. The van der Waals surface area contributed by atoms with E-state index < -0.39 is 6.10 Å². The average Bonchev–Trinajstić information content (AvgIpc) is 2.60. The summed E-state index contributed by atoms with van der Waals surface area (Å²) in [5.41, 5.74) is 2.51. The first-order valence-corrected chi connectivity index (χ1v) is 8.57. The lowest BCUT2D eigenvalue weighted by atomic mass is 9.87. The maximum absolute atomic E-state index is 12.7. The standard InChI is InChI=1S/C21H25NO3/c1-21(2,3)16-11-9-15(10-12-16)13-22(4)20(23)19-14-24-17-7-5-6-8-18(17)25-19/h5-12,19H,13-14H2,1-4H3/t19-/m1/s1. The maximum atomic E-state index is 12.7. The van der Waals surface area contributed by atoms with Crippen molar-refractivity contribution in [3.8, 4) is 11.5 Å². The number of benzene rings is 2. The lowest BCUT2D eigenvalue weighted by Gasteiger charge is -2.29. The molecule has 4 nitrogen and oxygen atoms in total. The van der Waals surface area contributed by atoms with Crippen LogP contribution in [0.4, 0.5) is 0 Å². The van der Waals surface area contributed by atoms with Gasteiger partial charge in [0.1, 0.15) is 6.61 Å². The summed E-state index contributed by atoms with van der Waals surface area (Å²) < 4.78 is 11.4. The molecule has 2 aromatic rings. The molecule has 1 aliphatic heterocycles. The van der Waals surface area contributed by atoms with E-state index >= 15 is 0 Å². The summed E-state index contributed by atoms with van der Waals surface area (Å²) in [5, 5.41) is 0. The SMILES string of the molecule is CN(Cc1ccc(C(C)(C)C)cc1)C(=O)[C@H]1COc2ccccc2O1. The van der Waals surface area contributed by atoms with Crippen LogP contribution in [-0.4, -0.2) is 30.6 Å². The highest BCUT2D eigenvalue weighted by molar-refractivity contribution is 5.81. The molecule has 4 heteroatoms. The molecule has 132 valence electrons. The highest BCUT2D eigenvalue weighted by Crippen LogP contribution is 2.31. The van der Waals surface area contributed by atoms with E-state index in [1.54, 1.807) is 11.9 Å². The minimum atomic E-state index is -0.603. The van der Waals surface area contributed by atoms with Crippen LogP contribution >= 0.6 is 0 Å². The third-order valence-corrected chi connectivity index (χ3v) is 4.40. The molecule has 0 aromatic heterocycles. The number of likely N-dealkylation sites (N-methyl/N-ethyl adjacent to an activating group) is 1. The van der Waals surface area contributed by atoms with Crippen LogP contribution in [0, 0.1) is 0 Å². The average molecular weight is 339 g/mol. The first-order valence-electron chi connectivity index (χ1n) is 8.57. The van der Waals surface area contributed by atoms with Crippen molar-refractivity contribution in [1.82, 2.24) is 4.90 Å². The minimum absolute atomic E-state index is 0.0746. The first-order chi connectivity index (χ1) is 11.8. The van der Waals surface area contributed by atoms with E-state index in [1.807, 2.05) is 24.3 Å². The van der Waals surface area contributed by atoms with Crippen LogP contribution in [0.25, 0.3) is 0 Å². The normalized spacial score (nSPS) is 16.4. The zero-order valence-electron chi connectivity index (χ0n) is 15.3. The van der Waals surface area contributed by atoms with Gasteiger partial charge in [-0.1, -0.05) is 57.2 Å². The molecule has 0 N–H and O–H groups in total. The van der Waals surface area contributed by atoms with Gasteiger partial charge in [-0.25, -0.2) is 0 Å². The van der Waals surface area contributed by atoms with Crippen molar-refractivity contribution in [2.24, 2.45) is 0 Å². The van der Waals surface area contributed by atoms with E-state index in [0.29, 0.717) is 18.0 Å². The number of carbonyl (C=O) groups is 1. The summed E-state index contributed by atoms with van der Waals surface area (Å²) in [4.78, 5) is 14.3. The van der Waals surface area contributed by atoms with Gasteiger partial charge in [-0.05, 0) is 28.7 Å². The molecule has 0 spiro atoms. The predicted molar refractivity (Wildman–Crippen MR) is 98.0 cm³/mol. The molecular weight excluding hydrogens is 314 g/mol. The van der Waals surface area contributed by atoms with Crippen LogP contribution < -0.4 is 9.47 Å². The molecule has 1 heterocycles. The van der Waals surface area contributed by atoms with Gasteiger partial charge in [-0.3, -0.25) is 4.79 Å². The molecule has 3 rings (SSSR count). The van der Waals surface area contributed by atoms with E-state index in [0.717, 1.165) is 5.56 Å².